The van der Waals surface area contributed by atoms with E-state index in [1.54, 1.807) is 24.2 Å². The highest BCUT2D eigenvalue weighted by Crippen LogP contribution is 2.10. The number of aliphatic hydroxyl groups is 1. The third kappa shape index (κ3) is 4.75. The zero-order valence-corrected chi connectivity index (χ0v) is 10.9. The minimum atomic E-state index is -0.0377. The Kier molecular flexibility index (Phi) is 6.00. The molecular formula is C12H18N2O2S. The van der Waals surface area contributed by atoms with Crippen molar-refractivity contribution in [2.24, 2.45) is 0 Å². The summed E-state index contributed by atoms with van der Waals surface area (Å²) in [7, 11) is 0. The summed E-state index contributed by atoms with van der Waals surface area (Å²) in [5.74, 6) is -0.0313. The minimum absolute atomic E-state index is 0.0313. The number of hydrogen-bond donors (Lipinski definition) is 2. The Morgan fingerprint density at radius 1 is 1.53 bits per heavy atom. The topological polar surface area (TPSA) is 62.2 Å². The van der Waals surface area contributed by atoms with E-state index in [0.29, 0.717) is 6.42 Å². The van der Waals surface area contributed by atoms with Crippen molar-refractivity contribution in [1.82, 2.24) is 10.3 Å². The first-order valence-corrected chi connectivity index (χ1v) is 6.78. The van der Waals surface area contributed by atoms with E-state index in [4.69, 9.17) is 5.11 Å². The zero-order valence-electron chi connectivity index (χ0n) is 10.1. The second kappa shape index (κ2) is 7.29. The fourth-order valence-electron chi connectivity index (χ4n) is 1.52. The van der Waals surface area contributed by atoms with Crippen LogP contribution >= 0.6 is 11.8 Å². The van der Waals surface area contributed by atoms with Gasteiger partial charge in [0, 0.05) is 23.7 Å². The van der Waals surface area contributed by atoms with Gasteiger partial charge in [-0.1, -0.05) is 0 Å². The van der Waals surface area contributed by atoms with Crippen LogP contribution in [0.25, 0.3) is 0 Å². The van der Waals surface area contributed by atoms with E-state index >= 15 is 0 Å². The monoisotopic (exact) mass is 254 g/mol. The van der Waals surface area contributed by atoms with Crippen molar-refractivity contribution >= 4 is 17.7 Å². The molecule has 1 rings (SSSR count). The second-order valence-electron chi connectivity index (χ2n) is 3.85. The fraction of sp³-hybridized carbons (Fsp3) is 0.500. The molecule has 0 saturated carbocycles. The summed E-state index contributed by atoms with van der Waals surface area (Å²) < 4.78 is 0. The number of carbonyl (C=O) groups is 1. The van der Waals surface area contributed by atoms with E-state index in [-0.39, 0.29) is 23.8 Å². The van der Waals surface area contributed by atoms with E-state index in [1.165, 1.54) is 0 Å². The number of hydrogen-bond acceptors (Lipinski definition) is 4. The summed E-state index contributed by atoms with van der Waals surface area (Å²) in [6.45, 7) is 1.97. The molecule has 0 spiro atoms. The highest BCUT2D eigenvalue weighted by atomic mass is 32.2. The number of aromatic nitrogens is 1. The number of carbonyl (C=O) groups excluding carboxylic acids is 1. The molecule has 5 heteroatoms. The van der Waals surface area contributed by atoms with Crippen LogP contribution in [0.5, 0.6) is 0 Å². The van der Waals surface area contributed by atoms with Crippen LogP contribution in [0.4, 0.5) is 0 Å². The summed E-state index contributed by atoms with van der Waals surface area (Å²) in [6.07, 6.45) is 5.61. The molecule has 0 radical (unpaired) electrons. The second-order valence-corrected chi connectivity index (χ2v) is 4.92. The van der Waals surface area contributed by atoms with Gasteiger partial charge in [-0.15, -0.1) is 0 Å². The van der Waals surface area contributed by atoms with Gasteiger partial charge in [0.1, 0.15) is 0 Å². The van der Waals surface area contributed by atoms with E-state index in [9.17, 15) is 4.79 Å². The largest absolute Gasteiger partial charge is 0.395 e. The Morgan fingerprint density at radius 3 is 2.71 bits per heavy atom. The van der Waals surface area contributed by atoms with E-state index in [0.717, 1.165) is 5.56 Å². The maximum Gasteiger partial charge on any atom is 0.224 e. The number of thioether (sulfide) groups is 1. The molecule has 2 unspecified atom stereocenters. The van der Waals surface area contributed by atoms with Crippen LogP contribution in [0, 0.1) is 0 Å². The van der Waals surface area contributed by atoms with Gasteiger partial charge >= 0.3 is 0 Å². The van der Waals surface area contributed by atoms with Crippen LogP contribution in [0.3, 0.4) is 0 Å². The van der Waals surface area contributed by atoms with Gasteiger partial charge in [-0.05, 0) is 30.9 Å². The number of rotatable bonds is 6. The molecular weight excluding hydrogens is 236 g/mol. The van der Waals surface area contributed by atoms with Crippen LogP contribution < -0.4 is 5.32 Å². The van der Waals surface area contributed by atoms with Gasteiger partial charge in [0.15, 0.2) is 0 Å². The van der Waals surface area contributed by atoms with Gasteiger partial charge in [-0.3, -0.25) is 9.78 Å². The van der Waals surface area contributed by atoms with E-state index in [2.05, 4.69) is 10.3 Å². The van der Waals surface area contributed by atoms with Crippen molar-refractivity contribution in [2.45, 2.75) is 24.6 Å². The van der Waals surface area contributed by atoms with Crippen molar-refractivity contribution in [2.75, 3.05) is 12.9 Å². The fourth-order valence-corrected chi connectivity index (χ4v) is 2.15. The first-order valence-electron chi connectivity index (χ1n) is 5.49. The van der Waals surface area contributed by atoms with Crippen LogP contribution in [-0.4, -0.2) is 40.2 Å². The molecule has 1 aromatic rings. The van der Waals surface area contributed by atoms with Crippen molar-refractivity contribution < 1.29 is 9.90 Å². The standard InChI is InChI=1S/C12H18N2O2S/c1-9(11(8-15)17-2)14-12(16)7-10-3-5-13-6-4-10/h3-6,9,11,15H,7-8H2,1-2H3,(H,14,16). The Balaban J connectivity index is 2.44. The molecule has 0 aromatic carbocycles. The third-order valence-corrected chi connectivity index (χ3v) is 3.71. The van der Waals surface area contributed by atoms with Gasteiger partial charge in [-0.2, -0.15) is 11.8 Å². The van der Waals surface area contributed by atoms with Gasteiger partial charge in [0.05, 0.1) is 13.0 Å². The number of aliphatic hydroxyl groups excluding tert-OH is 1. The minimum Gasteiger partial charge on any atom is -0.395 e. The molecule has 2 atom stereocenters. The zero-order chi connectivity index (χ0) is 12.7. The molecule has 17 heavy (non-hydrogen) atoms. The van der Waals surface area contributed by atoms with Crippen molar-refractivity contribution in [3.8, 4) is 0 Å². The molecule has 1 amide bonds. The van der Waals surface area contributed by atoms with Crippen molar-refractivity contribution in [3.63, 3.8) is 0 Å². The normalized spacial score (nSPS) is 14.1. The average molecular weight is 254 g/mol. The Hall–Kier alpha value is -1.07. The molecule has 0 aliphatic rings. The Bertz CT molecular complexity index is 342. The van der Waals surface area contributed by atoms with Gasteiger partial charge in [0.2, 0.25) is 5.91 Å². The van der Waals surface area contributed by atoms with Crippen LogP contribution in [-0.2, 0) is 11.2 Å². The van der Waals surface area contributed by atoms with Crippen LogP contribution in [0.1, 0.15) is 12.5 Å². The number of nitrogens with one attached hydrogen (secondary N) is 1. The summed E-state index contributed by atoms with van der Waals surface area (Å²) >= 11 is 1.55. The molecule has 0 aliphatic carbocycles. The van der Waals surface area contributed by atoms with Gasteiger partial charge < -0.3 is 10.4 Å². The highest BCUT2D eigenvalue weighted by molar-refractivity contribution is 7.99. The Labute approximate surface area is 106 Å². The summed E-state index contributed by atoms with van der Waals surface area (Å²) in [6, 6.07) is 3.61. The lowest BCUT2D eigenvalue weighted by Gasteiger charge is -2.21. The lowest BCUT2D eigenvalue weighted by molar-refractivity contribution is -0.121. The van der Waals surface area contributed by atoms with Crippen LogP contribution in [0.15, 0.2) is 24.5 Å². The van der Waals surface area contributed by atoms with E-state index < -0.39 is 0 Å². The summed E-state index contributed by atoms with van der Waals surface area (Å²) in [4.78, 5) is 15.6. The molecule has 2 N–H and O–H groups in total. The highest BCUT2D eigenvalue weighted by Gasteiger charge is 2.17. The number of pyridine rings is 1. The van der Waals surface area contributed by atoms with Crippen molar-refractivity contribution in [3.05, 3.63) is 30.1 Å². The first kappa shape index (κ1) is 14.0. The lowest BCUT2D eigenvalue weighted by atomic mass is 10.1. The molecule has 1 aromatic heterocycles. The molecule has 1 heterocycles. The molecule has 94 valence electrons. The van der Waals surface area contributed by atoms with Crippen LogP contribution in [0.2, 0.25) is 0 Å². The number of amides is 1. The molecule has 0 aliphatic heterocycles. The molecule has 0 bridgehead atoms. The van der Waals surface area contributed by atoms with Gasteiger partial charge in [0.25, 0.3) is 0 Å². The third-order valence-electron chi connectivity index (χ3n) is 2.54. The summed E-state index contributed by atoms with van der Waals surface area (Å²) in [5, 5.41) is 12.0. The Morgan fingerprint density at radius 2 is 2.18 bits per heavy atom. The van der Waals surface area contributed by atoms with Crippen molar-refractivity contribution in [1.29, 1.82) is 0 Å². The average Bonchev–Trinajstić information content (AvgIpc) is 2.31. The lowest BCUT2D eigenvalue weighted by Crippen LogP contribution is -2.41. The summed E-state index contributed by atoms with van der Waals surface area (Å²) in [5.41, 5.74) is 0.939. The first-order chi connectivity index (χ1) is 8.17. The van der Waals surface area contributed by atoms with E-state index in [1.807, 2.05) is 25.3 Å². The van der Waals surface area contributed by atoms with Gasteiger partial charge in [-0.25, -0.2) is 0 Å². The quantitative estimate of drug-likeness (QED) is 0.790. The molecule has 4 nitrogen and oxygen atoms in total. The smallest absolute Gasteiger partial charge is 0.224 e. The number of nitrogens with zero attached hydrogens (tertiary/aromatic N) is 1. The molecule has 0 fully saturated rings. The maximum atomic E-state index is 11.7. The SMILES string of the molecule is CSC(CO)C(C)NC(=O)Cc1ccncc1. The predicted molar refractivity (Wildman–Crippen MR) is 69.9 cm³/mol. The predicted octanol–water partition coefficient (Wildman–Crippen LogP) is 0.853. The maximum absolute atomic E-state index is 11.7. The molecule has 0 saturated heterocycles.